The Morgan fingerprint density at radius 3 is 2.05 bits per heavy atom. The largest absolute Gasteiger partial charge is 0.493 e. The summed E-state index contributed by atoms with van der Waals surface area (Å²) in [6.45, 7) is 10.3. The van der Waals surface area contributed by atoms with Crippen LogP contribution in [0, 0.1) is 0 Å². The van der Waals surface area contributed by atoms with E-state index < -0.39 is 0 Å². The minimum absolute atomic E-state index is 0.238. The van der Waals surface area contributed by atoms with Crippen LogP contribution in [0.4, 0.5) is 5.69 Å². The van der Waals surface area contributed by atoms with Crippen LogP contribution in [0.5, 0.6) is 5.75 Å². The number of carbonyl (C=O) groups excluding carboxylic acids is 2. The number of amides is 1. The van der Waals surface area contributed by atoms with Crippen molar-refractivity contribution in [3.05, 3.63) is 59.7 Å². The SMILES string of the molecule is CCCCCCCCCCOc1ccccc1C(=O)Nc1ccc(C(=O)OCC[N+](C)(CC)CC)cc1. The van der Waals surface area contributed by atoms with Gasteiger partial charge in [-0.15, -0.1) is 0 Å². The summed E-state index contributed by atoms with van der Waals surface area (Å²) in [6, 6.07) is 14.1. The van der Waals surface area contributed by atoms with Gasteiger partial charge in [-0.25, -0.2) is 4.79 Å². The molecule has 1 amide bonds. The monoisotopic (exact) mass is 511 g/mol. The molecule has 2 aromatic carbocycles. The van der Waals surface area contributed by atoms with E-state index in [1.807, 2.05) is 18.2 Å². The molecular formula is C31H47N2O4+. The van der Waals surface area contributed by atoms with Crippen molar-refractivity contribution in [2.45, 2.75) is 72.1 Å². The summed E-state index contributed by atoms with van der Waals surface area (Å²) < 4.78 is 12.3. The lowest BCUT2D eigenvalue weighted by Gasteiger charge is -2.31. The Kier molecular flexibility index (Phi) is 13.8. The molecule has 0 bridgehead atoms. The fraction of sp³-hybridized carbons (Fsp3) is 0.548. The fourth-order valence-electron chi connectivity index (χ4n) is 4.07. The summed E-state index contributed by atoms with van der Waals surface area (Å²) in [6.07, 6.45) is 9.90. The van der Waals surface area contributed by atoms with Crippen LogP contribution in [0.25, 0.3) is 0 Å². The predicted octanol–water partition coefficient (Wildman–Crippen LogP) is 7.10. The summed E-state index contributed by atoms with van der Waals surface area (Å²) in [4.78, 5) is 25.3. The van der Waals surface area contributed by atoms with E-state index in [0.717, 1.165) is 37.0 Å². The fourth-order valence-corrected chi connectivity index (χ4v) is 4.07. The molecular weight excluding hydrogens is 464 g/mol. The second-order valence-electron chi connectivity index (χ2n) is 9.96. The molecule has 0 aliphatic carbocycles. The van der Waals surface area contributed by atoms with Gasteiger partial charge in [0.2, 0.25) is 0 Å². The van der Waals surface area contributed by atoms with Crippen molar-refractivity contribution in [3.8, 4) is 5.75 Å². The average Bonchev–Trinajstić information content (AvgIpc) is 2.92. The molecule has 0 fully saturated rings. The zero-order valence-electron chi connectivity index (χ0n) is 23.4. The van der Waals surface area contributed by atoms with Gasteiger partial charge in [-0.05, 0) is 56.7 Å². The highest BCUT2D eigenvalue weighted by Gasteiger charge is 2.18. The number of nitrogens with one attached hydrogen (secondary N) is 1. The number of hydrogen-bond donors (Lipinski definition) is 1. The van der Waals surface area contributed by atoms with Crippen LogP contribution in [0.1, 0.15) is 92.9 Å². The number of para-hydroxylation sites is 1. The number of ether oxygens (including phenoxy) is 2. The van der Waals surface area contributed by atoms with Gasteiger partial charge in [0, 0.05) is 5.69 Å². The number of anilines is 1. The molecule has 0 spiro atoms. The quantitative estimate of drug-likeness (QED) is 0.132. The molecule has 0 aliphatic rings. The van der Waals surface area contributed by atoms with Gasteiger partial charge in [0.25, 0.3) is 5.91 Å². The lowest BCUT2D eigenvalue weighted by atomic mass is 10.1. The van der Waals surface area contributed by atoms with Crippen molar-refractivity contribution in [2.75, 3.05) is 45.2 Å². The van der Waals surface area contributed by atoms with Crippen LogP contribution in [0.2, 0.25) is 0 Å². The van der Waals surface area contributed by atoms with Crippen molar-refractivity contribution in [1.29, 1.82) is 0 Å². The van der Waals surface area contributed by atoms with Crippen molar-refractivity contribution in [1.82, 2.24) is 0 Å². The number of likely N-dealkylation sites (N-methyl/N-ethyl adjacent to an activating group) is 1. The first-order valence-electron chi connectivity index (χ1n) is 14.1. The van der Waals surface area contributed by atoms with E-state index in [4.69, 9.17) is 9.47 Å². The molecule has 2 rings (SSSR count). The van der Waals surface area contributed by atoms with Crippen LogP contribution in [0.15, 0.2) is 48.5 Å². The zero-order valence-corrected chi connectivity index (χ0v) is 23.4. The van der Waals surface area contributed by atoms with Gasteiger partial charge in [0.1, 0.15) is 18.9 Å². The van der Waals surface area contributed by atoms with E-state index in [2.05, 4.69) is 33.1 Å². The lowest BCUT2D eigenvalue weighted by Crippen LogP contribution is -2.46. The molecule has 0 radical (unpaired) electrons. The highest BCUT2D eigenvalue weighted by Crippen LogP contribution is 2.21. The Labute approximate surface area is 223 Å². The summed E-state index contributed by atoms with van der Waals surface area (Å²) in [5.41, 5.74) is 1.58. The van der Waals surface area contributed by atoms with Gasteiger partial charge >= 0.3 is 5.97 Å². The normalized spacial score (nSPS) is 11.2. The second-order valence-corrected chi connectivity index (χ2v) is 9.96. The third-order valence-electron chi connectivity index (χ3n) is 7.16. The first-order valence-corrected chi connectivity index (χ1v) is 14.1. The van der Waals surface area contributed by atoms with Crippen LogP contribution < -0.4 is 10.1 Å². The van der Waals surface area contributed by atoms with Crippen molar-refractivity contribution in [3.63, 3.8) is 0 Å². The summed E-state index contributed by atoms with van der Waals surface area (Å²) in [5.74, 6) is 0.00192. The highest BCUT2D eigenvalue weighted by atomic mass is 16.5. The first kappa shape index (κ1) is 30.4. The van der Waals surface area contributed by atoms with Gasteiger partial charge in [-0.1, -0.05) is 64.0 Å². The number of nitrogens with zero attached hydrogens (tertiary/aromatic N) is 1. The minimum atomic E-state index is -0.351. The number of benzene rings is 2. The van der Waals surface area contributed by atoms with Crippen LogP contribution in [0.3, 0.4) is 0 Å². The number of hydrogen-bond acceptors (Lipinski definition) is 4. The Morgan fingerprint density at radius 2 is 1.41 bits per heavy atom. The van der Waals surface area contributed by atoms with E-state index >= 15 is 0 Å². The molecule has 0 saturated heterocycles. The summed E-state index contributed by atoms with van der Waals surface area (Å²) in [7, 11) is 2.16. The number of quaternary nitrogens is 1. The third-order valence-corrected chi connectivity index (χ3v) is 7.16. The molecule has 0 heterocycles. The Hall–Kier alpha value is -2.86. The summed E-state index contributed by atoms with van der Waals surface area (Å²) >= 11 is 0. The Balaban J connectivity index is 1.80. The Bertz CT molecular complexity index is 938. The topological polar surface area (TPSA) is 64.6 Å². The molecule has 6 heteroatoms. The molecule has 0 atom stereocenters. The van der Waals surface area contributed by atoms with E-state index in [0.29, 0.717) is 35.8 Å². The number of rotatable bonds is 18. The van der Waals surface area contributed by atoms with Crippen LogP contribution in [-0.4, -0.2) is 56.3 Å². The van der Waals surface area contributed by atoms with Gasteiger partial charge in [-0.3, -0.25) is 4.79 Å². The summed E-state index contributed by atoms with van der Waals surface area (Å²) in [5, 5.41) is 2.90. The van der Waals surface area contributed by atoms with Crippen molar-refractivity contribution >= 4 is 17.6 Å². The first-order chi connectivity index (χ1) is 17.9. The number of esters is 1. The molecule has 204 valence electrons. The maximum Gasteiger partial charge on any atom is 0.338 e. The maximum atomic E-state index is 12.9. The Morgan fingerprint density at radius 1 is 0.784 bits per heavy atom. The van der Waals surface area contributed by atoms with E-state index in [9.17, 15) is 9.59 Å². The number of carbonyl (C=O) groups is 2. The van der Waals surface area contributed by atoms with Crippen molar-refractivity contribution < 1.29 is 23.5 Å². The van der Waals surface area contributed by atoms with E-state index in [1.54, 1.807) is 30.3 Å². The average molecular weight is 512 g/mol. The maximum absolute atomic E-state index is 12.9. The third kappa shape index (κ3) is 11.0. The number of unbranched alkanes of at least 4 members (excludes halogenated alkanes) is 7. The van der Waals surface area contributed by atoms with Crippen molar-refractivity contribution in [2.24, 2.45) is 0 Å². The van der Waals surface area contributed by atoms with Gasteiger partial charge in [0.15, 0.2) is 0 Å². The van der Waals surface area contributed by atoms with E-state index in [-0.39, 0.29) is 11.9 Å². The molecule has 0 unspecified atom stereocenters. The lowest BCUT2D eigenvalue weighted by molar-refractivity contribution is -0.906. The molecule has 6 nitrogen and oxygen atoms in total. The molecule has 0 aliphatic heterocycles. The predicted molar refractivity (Wildman–Crippen MR) is 151 cm³/mol. The molecule has 0 aromatic heterocycles. The highest BCUT2D eigenvalue weighted by molar-refractivity contribution is 6.06. The van der Waals surface area contributed by atoms with E-state index in [1.165, 1.54) is 38.5 Å². The van der Waals surface area contributed by atoms with Crippen LogP contribution in [-0.2, 0) is 4.74 Å². The smallest absolute Gasteiger partial charge is 0.338 e. The molecule has 2 aromatic rings. The second kappa shape index (κ2) is 16.8. The molecule has 37 heavy (non-hydrogen) atoms. The standard InChI is InChI=1S/C31H46N2O4/c1-5-8-9-10-11-12-13-16-24-36-29-18-15-14-17-28(29)30(34)32-27-21-19-26(20-22-27)31(35)37-25-23-33(4,6-2)7-3/h14-15,17-22H,5-13,16,23-25H2,1-4H3/p+1. The molecule has 1 N–H and O–H groups in total. The van der Waals surface area contributed by atoms with Gasteiger partial charge in [0.05, 0.1) is 37.9 Å². The van der Waals surface area contributed by atoms with Gasteiger partial charge < -0.3 is 19.3 Å². The minimum Gasteiger partial charge on any atom is -0.493 e. The zero-order chi connectivity index (χ0) is 26.9. The van der Waals surface area contributed by atoms with Gasteiger partial charge in [-0.2, -0.15) is 0 Å². The molecule has 0 saturated carbocycles. The van der Waals surface area contributed by atoms with Crippen LogP contribution >= 0.6 is 0 Å².